The van der Waals surface area contributed by atoms with Crippen LogP contribution in [0.5, 0.6) is 0 Å². The van der Waals surface area contributed by atoms with Crippen molar-refractivity contribution in [3.05, 3.63) is 70.7 Å². The second kappa shape index (κ2) is 7.64. The van der Waals surface area contributed by atoms with Crippen molar-refractivity contribution in [3.8, 4) is 10.7 Å². The number of nitrogens with zero attached hydrogens (tertiary/aromatic N) is 3. The van der Waals surface area contributed by atoms with E-state index in [1.807, 2.05) is 41.8 Å². The van der Waals surface area contributed by atoms with Crippen LogP contribution in [0.3, 0.4) is 0 Å². The third-order valence-electron chi connectivity index (χ3n) is 4.34. The molecule has 5 N–H and O–H groups in total. The van der Waals surface area contributed by atoms with Crippen molar-refractivity contribution < 1.29 is 9.59 Å². The summed E-state index contributed by atoms with van der Waals surface area (Å²) in [6, 6.07) is 14.9. The van der Waals surface area contributed by atoms with E-state index in [1.165, 1.54) is 11.3 Å². The van der Waals surface area contributed by atoms with Crippen molar-refractivity contribution in [2.45, 2.75) is 6.54 Å². The van der Waals surface area contributed by atoms with Crippen molar-refractivity contribution in [3.63, 3.8) is 0 Å². The Morgan fingerprint density at radius 3 is 2.45 bits per heavy atom. The summed E-state index contributed by atoms with van der Waals surface area (Å²) in [5, 5.41) is 14.5. The summed E-state index contributed by atoms with van der Waals surface area (Å²) in [6.07, 6.45) is 0. The van der Waals surface area contributed by atoms with E-state index in [-0.39, 0.29) is 11.5 Å². The zero-order valence-electron chi connectivity index (χ0n) is 15.1. The molecule has 0 saturated carbocycles. The van der Waals surface area contributed by atoms with Crippen LogP contribution < -0.4 is 16.8 Å². The molecule has 4 aromatic rings. The highest BCUT2D eigenvalue weighted by Gasteiger charge is 2.19. The number of thiophene rings is 1. The van der Waals surface area contributed by atoms with Crippen LogP contribution in [0.1, 0.15) is 26.4 Å². The lowest BCUT2D eigenvalue weighted by Gasteiger charge is -2.09. The first kappa shape index (κ1) is 18.5. The van der Waals surface area contributed by atoms with Gasteiger partial charge in [0.25, 0.3) is 5.91 Å². The Labute approximate surface area is 169 Å². The van der Waals surface area contributed by atoms with Crippen molar-refractivity contribution in [2.24, 2.45) is 11.5 Å². The van der Waals surface area contributed by atoms with Gasteiger partial charge in [-0.05, 0) is 11.6 Å². The SMILES string of the molecule is NC(=O)c1nnc(-c2scc3c(C(N)=O)cccc23)nc1NCc1ccccc1. The molecule has 0 aliphatic carbocycles. The van der Waals surface area contributed by atoms with Gasteiger partial charge < -0.3 is 16.8 Å². The fraction of sp³-hybridized carbons (Fsp3) is 0.0500. The average molecular weight is 404 g/mol. The summed E-state index contributed by atoms with van der Waals surface area (Å²) in [5.41, 5.74) is 12.3. The molecule has 0 aliphatic rings. The molecule has 0 radical (unpaired) electrons. The fourth-order valence-corrected chi connectivity index (χ4v) is 3.94. The number of carbonyl (C=O) groups is 2. The molecule has 29 heavy (non-hydrogen) atoms. The Kier molecular flexibility index (Phi) is 4.88. The molecule has 0 aliphatic heterocycles. The number of hydrogen-bond donors (Lipinski definition) is 3. The van der Waals surface area contributed by atoms with E-state index in [0.717, 1.165) is 21.2 Å². The smallest absolute Gasteiger partial charge is 0.273 e. The van der Waals surface area contributed by atoms with Crippen LogP contribution in [0.4, 0.5) is 5.82 Å². The molecular weight excluding hydrogens is 388 g/mol. The van der Waals surface area contributed by atoms with E-state index in [4.69, 9.17) is 11.5 Å². The first-order valence-electron chi connectivity index (χ1n) is 8.67. The van der Waals surface area contributed by atoms with E-state index < -0.39 is 11.8 Å². The van der Waals surface area contributed by atoms with Gasteiger partial charge in [-0.1, -0.05) is 42.5 Å². The highest BCUT2D eigenvalue weighted by atomic mass is 32.1. The number of amides is 2. The molecule has 9 heteroatoms. The van der Waals surface area contributed by atoms with Crippen LogP contribution in [0.25, 0.3) is 21.5 Å². The van der Waals surface area contributed by atoms with E-state index in [0.29, 0.717) is 17.9 Å². The van der Waals surface area contributed by atoms with Gasteiger partial charge in [-0.25, -0.2) is 4.98 Å². The monoisotopic (exact) mass is 404 g/mol. The number of carbonyl (C=O) groups excluding carboxylic acids is 2. The lowest BCUT2D eigenvalue weighted by atomic mass is 10.1. The van der Waals surface area contributed by atoms with Crippen LogP contribution in [0.2, 0.25) is 0 Å². The fourth-order valence-electron chi connectivity index (χ4n) is 2.95. The van der Waals surface area contributed by atoms with Gasteiger partial charge in [0.15, 0.2) is 17.3 Å². The van der Waals surface area contributed by atoms with Gasteiger partial charge in [-0.15, -0.1) is 21.5 Å². The van der Waals surface area contributed by atoms with Crippen LogP contribution >= 0.6 is 11.3 Å². The molecule has 0 atom stereocenters. The maximum atomic E-state index is 11.8. The molecule has 2 amide bonds. The summed E-state index contributed by atoms with van der Waals surface area (Å²) < 4.78 is 0. The predicted octanol–water partition coefficient (Wildman–Crippen LogP) is 2.56. The summed E-state index contributed by atoms with van der Waals surface area (Å²) in [7, 11) is 0. The third kappa shape index (κ3) is 3.63. The van der Waals surface area contributed by atoms with E-state index in [9.17, 15) is 9.59 Å². The Hall–Kier alpha value is -3.85. The lowest BCUT2D eigenvalue weighted by molar-refractivity contribution is 0.0989. The third-order valence-corrected chi connectivity index (χ3v) is 5.33. The van der Waals surface area contributed by atoms with Crippen LogP contribution in [0, 0.1) is 0 Å². The Balaban J connectivity index is 1.75. The Morgan fingerprint density at radius 1 is 0.931 bits per heavy atom. The Bertz CT molecular complexity index is 1220. The van der Waals surface area contributed by atoms with Gasteiger partial charge >= 0.3 is 0 Å². The minimum Gasteiger partial charge on any atom is -0.366 e. The van der Waals surface area contributed by atoms with Gasteiger partial charge in [0.05, 0.1) is 4.88 Å². The molecule has 0 fully saturated rings. The zero-order valence-corrected chi connectivity index (χ0v) is 15.9. The number of aromatic nitrogens is 3. The normalized spacial score (nSPS) is 10.8. The number of nitrogens with one attached hydrogen (secondary N) is 1. The Morgan fingerprint density at radius 2 is 1.72 bits per heavy atom. The van der Waals surface area contributed by atoms with Crippen LogP contribution in [-0.2, 0) is 6.54 Å². The number of nitrogens with two attached hydrogens (primary N) is 2. The van der Waals surface area contributed by atoms with Gasteiger partial charge in [0.1, 0.15) is 0 Å². The van der Waals surface area contributed by atoms with Crippen molar-refractivity contribution >= 4 is 39.7 Å². The van der Waals surface area contributed by atoms with E-state index in [2.05, 4.69) is 20.5 Å². The average Bonchev–Trinajstić information content (AvgIpc) is 3.16. The van der Waals surface area contributed by atoms with Crippen molar-refractivity contribution in [1.82, 2.24) is 15.2 Å². The molecule has 4 rings (SSSR count). The van der Waals surface area contributed by atoms with Crippen LogP contribution in [-0.4, -0.2) is 27.0 Å². The van der Waals surface area contributed by atoms with Gasteiger partial charge in [0.2, 0.25) is 5.91 Å². The summed E-state index contributed by atoms with van der Waals surface area (Å²) in [6.45, 7) is 0.441. The van der Waals surface area contributed by atoms with E-state index in [1.54, 1.807) is 12.1 Å². The van der Waals surface area contributed by atoms with Gasteiger partial charge in [0, 0.05) is 28.3 Å². The summed E-state index contributed by atoms with van der Waals surface area (Å²) in [5.74, 6) is -0.654. The maximum Gasteiger partial charge on any atom is 0.273 e. The molecule has 0 bridgehead atoms. The summed E-state index contributed by atoms with van der Waals surface area (Å²) in [4.78, 5) is 28.6. The zero-order chi connectivity index (χ0) is 20.4. The van der Waals surface area contributed by atoms with E-state index >= 15 is 0 Å². The predicted molar refractivity (Wildman–Crippen MR) is 111 cm³/mol. The minimum absolute atomic E-state index is 0.0385. The number of rotatable bonds is 6. The van der Waals surface area contributed by atoms with Crippen molar-refractivity contribution in [1.29, 1.82) is 0 Å². The summed E-state index contributed by atoms with van der Waals surface area (Å²) >= 11 is 1.37. The van der Waals surface area contributed by atoms with Crippen molar-refractivity contribution in [2.75, 3.05) is 5.32 Å². The highest BCUT2D eigenvalue weighted by molar-refractivity contribution is 7.15. The molecule has 2 heterocycles. The maximum absolute atomic E-state index is 11.8. The number of benzene rings is 2. The second-order valence-electron chi connectivity index (χ2n) is 6.23. The molecule has 144 valence electrons. The molecule has 0 spiro atoms. The lowest BCUT2D eigenvalue weighted by Crippen LogP contribution is -2.19. The number of primary amides is 2. The number of fused-ring (bicyclic) bond motifs is 1. The van der Waals surface area contributed by atoms with Gasteiger partial charge in [-0.3, -0.25) is 9.59 Å². The molecule has 0 unspecified atom stereocenters. The van der Waals surface area contributed by atoms with Gasteiger partial charge in [-0.2, -0.15) is 0 Å². The molecule has 8 nitrogen and oxygen atoms in total. The van der Waals surface area contributed by atoms with Crippen LogP contribution in [0.15, 0.2) is 53.9 Å². The minimum atomic E-state index is -0.723. The number of hydrogen-bond acceptors (Lipinski definition) is 7. The molecular formula is C20H16N6O2S. The largest absolute Gasteiger partial charge is 0.366 e. The standard InChI is InChI=1S/C20H16N6O2S/c21-17(27)13-8-4-7-12-14(13)10-29-16(12)20-24-19(15(18(22)28)25-26-20)23-9-11-5-2-1-3-6-11/h1-8,10H,9H2,(H2,21,27)(H2,22,28)(H,23,24,26). The quantitative estimate of drug-likeness (QED) is 0.452. The molecule has 0 saturated heterocycles. The molecule has 2 aromatic heterocycles. The first-order valence-corrected chi connectivity index (χ1v) is 9.55. The topological polar surface area (TPSA) is 137 Å². The molecule has 2 aromatic carbocycles. The first-order chi connectivity index (χ1) is 14.0. The second-order valence-corrected chi connectivity index (χ2v) is 7.11. The number of anilines is 1. The highest BCUT2D eigenvalue weighted by Crippen LogP contribution is 2.35.